The smallest absolute Gasteiger partial charge is 0.432 e. The number of alkyl halides is 1. The fourth-order valence-electron chi connectivity index (χ4n) is 0.464. The lowest BCUT2D eigenvalue weighted by molar-refractivity contribution is 0.404. The Kier molecular flexibility index (Phi) is 13.6. The molecule has 0 atom stereocenters. The minimum atomic E-state index is -0.750. The minimum Gasteiger partial charge on any atom is -0.504 e. The molecule has 1 rings (SSSR count). The predicted octanol–water partition coefficient (Wildman–Crippen LogP) is 1.37. The number of hydrogen-bond acceptors (Lipinski definition) is 4. The van der Waals surface area contributed by atoms with E-state index in [1.807, 2.05) is 0 Å². The monoisotopic (exact) mass is 292 g/mol. The summed E-state index contributed by atoms with van der Waals surface area (Å²) in [6.07, 6.45) is 0. The fraction of sp³-hybridized carbons (Fsp3) is 0.400. The van der Waals surface area contributed by atoms with Gasteiger partial charge in [-0.3, -0.25) is 0 Å². The first-order valence-corrected chi connectivity index (χ1v) is 5.86. The molecule has 6 heteroatoms. The Hall–Kier alpha value is -0.715. The zero-order valence-corrected chi connectivity index (χ0v) is 11.1. The van der Waals surface area contributed by atoms with Crippen molar-refractivity contribution < 1.29 is 20.3 Å². The molecular formula is C10H18BBrO4. The lowest BCUT2D eigenvalue weighted by Crippen LogP contribution is -1.82. The van der Waals surface area contributed by atoms with Crippen LogP contribution in [0.2, 0.25) is 0 Å². The Labute approximate surface area is 105 Å². The molecule has 4 nitrogen and oxygen atoms in total. The van der Waals surface area contributed by atoms with Crippen LogP contribution in [0.4, 0.5) is 0 Å². The van der Waals surface area contributed by atoms with Gasteiger partial charge in [0.05, 0.1) is 0 Å². The quantitative estimate of drug-likeness (QED) is 0.358. The first-order chi connectivity index (χ1) is 7.49. The fourth-order valence-corrected chi connectivity index (χ4v) is 0.464. The van der Waals surface area contributed by atoms with Crippen LogP contribution in [-0.4, -0.2) is 33.3 Å². The van der Waals surface area contributed by atoms with Gasteiger partial charge >= 0.3 is 7.69 Å². The van der Waals surface area contributed by atoms with Crippen molar-refractivity contribution in [2.24, 2.45) is 5.92 Å². The summed E-state index contributed by atoms with van der Waals surface area (Å²) < 4.78 is 0. The Morgan fingerprint density at radius 3 is 1.50 bits per heavy atom. The molecule has 1 aromatic carbocycles. The Morgan fingerprint density at radius 1 is 1.12 bits per heavy atom. The number of rotatable bonds is 1. The van der Waals surface area contributed by atoms with Crippen molar-refractivity contribution in [2.45, 2.75) is 13.8 Å². The number of benzene rings is 1. The Morgan fingerprint density at radius 2 is 1.38 bits per heavy atom. The number of halogens is 1. The second kappa shape index (κ2) is 12.4. The van der Waals surface area contributed by atoms with E-state index in [9.17, 15) is 0 Å². The highest BCUT2D eigenvalue weighted by Crippen LogP contribution is 2.21. The van der Waals surface area contributed by atoms with Gasteiger partial charge in [0, 0.05) is 5.33 Å². The zero-order chi connectivity index (χ0) is 13.0. The molecule has 0 aliphatic heterocycles. The van der Waals surface area contributed by atoms with Gasteiger partial charge in [-0.25, -0.2) is 0 Å². The van der Waals surface area contributed by atoms with Gasteiger partial charge < -0.3 is 20.3 Å². The molecule has 0 aliphatic carbocycles. The van der Waals surface area contributed by atoms with Crippen LogP contribution in [0.3, 0.4) is 0 Å². The van der Waals surface area contributed by atoms with E-state index < -0.39 is 7.69 Å². The van der Waals surface area contributed by atoms with Crippen molar-refractivity contribution in [1.82, 2.24) is 0 Å². The van der Waals surface area contributed by atoms with E-state index in [1.54, 1.807) is 12.1 Å². The average molecular weight is 293 g/mol. The summed E-state index contributed by atoms with van der Waals surface area (Å²) in [5, 5.41) is 32.7. The van der Waals surface area contributed by atoms with E-state index in [4.69, 9.17) is 20.3 Å². The molecule has 0 unspecified atom stereocenters. The normalized spacial score (nSPS) is 8.38. The molecule has 0 saturated heterocycles. The minimum absolute atomic E-state index is 0.0764. The van der Waals surface area contributed by atoms with Gasteiger partial charge in [0.2, 0.25) is 0 Å². The molecule has 0 spiro atoms. The molecule has 0 aromatic heterocycles. The second-order valence-corrected chi connectivity index (χ2v) is 3.83. The highest BCUT2D eigenvalue weighted by molar-refractivity contribution is 9.09. The topological polar surface area (TPSA) is 80.9 Å². The molecular weight excluding hydrogens is 275 g/mol. The number of hydrogen-bond donors (Lipinski definition) is 4. The first kappa shape index (κ1) is 17.7. The molecule has 0 fully saturated rings. The maximum atomic E-state index is 8.67. The van der Waals surface area contributed by atoms with Crippen molar-refractivity contribution >= 4 is 23.6 Å². The molecule has 0 bridgehead atoms. The van der Waals surface area contributed by atoms with Crippen LogP contribution in [0.5, 0.6) is 11.5 Å². The summed E-state index contributed by atoms with van der Waals surface area (Å²) in [5.74, 6) is 0.648. The second-order valence-electron chi connectivity index (χ2n) is 3.18. The Bertz CT molecular complexity index is 237. The van der Waals surface area contributed by atoms with Crippen molar-refractivity contribution in [1.29, 1.82) is 0 Å². The number of phenolic OH excluding ortho intramolecular Hbond substituents is 2. The molecule has 0 radical (unpaired) electrons. The van der Waals surface area contributed by atoms with Crippen LogP contribution in [0.1, 0.15) is 13.8 Å². The summed E-state index contributed by atoms with van der Waals surface area (Å²) in [6, 6.07) is 6.15. The molecule has 1 aromatic rings. The van der Waals surface area contributed by atoms with Crippen molar-refractivity contribution in [2.75, 3.05) is 5.33 Å². The van der Waals surface area contributed by atoms with Crippen molar-refractivity contribution in [3.63, 3.8) is 0 Å². The maximum Gasteiger partial charge on any atom is 0.432 e. The van der Waals surface area contributed by atoms with Gasteiger partial charge in [-0.05, 0) is 18.1 Å². The van der Waals surface area contributed by atoms with E-state index in [0.717, 1.165) is 11.2 Å². The molecule has 0 aliphatic rings. The Balaban J connectivity index is 0. The van der Waals surface area contributed by atoms with E-state index in [0.29, 0.717) is 0 Å². The van der Waals surface area contributed by atoms with Gasteiger partial charge in [-0.15, -0.1) is 0 Å². The standard InChI is InChI=1S/C6H6O2.C4H9Br.BH3O2/c7-5-3-1-2-4-6(5)8;1-4(2)3-5;2-1-3/h1-4,7-8H;4H,3H2,1-2H3;1-3H. The largest absolute Gasteiger partial charge is 0.504 e. The lowest BCUT2D eigenvalue weighted by Gasteiger charge is -1.91. The van der Waals surface area contributed by atoms with Gasteiger partial charge in [-0.2, -0.15) is 0 Å². The molecule has 92 valence electrons. The number of aromatic hydroxyl groups is 2. The van der Waals surface area contributed by atoms with Crippen molar-refractivity contribution in [3.05, 3.63) is 24.3 Å². The molecule has 0 amide bonds. The summed E-state index contributed by atoms with van der Waals surface area (Å²) in [4.78, 5) is 0. The van der Waals surface area contributed by atoms with Crippen molar-refractivity contribution in [3.8, 4) is 11.5 Å². The summed E-state index contributed by atoms with van der Waals surface area (Å²) in [5.41, 5.74) is 0. The molecule has 0 heterocycles. The van der Waals surface area contributed by atoms with Crippen LogP contribution in [0.25, 0.3) is 0 Å². The summed E-state index contributed by atoms with van der Waals surface area (Å²) in [7, 11) is -0.750. The number of phenols is 2. The SMILES string of the molecule is CC(C)CBr.OBO.Oc1ccccc1O. The highest BCUT2D eigenvalue weighted by atomic mass is 79.9. The zero-order valence-electron chi connectivity index (χ0n) is 9.47. The third kappa shape index (κ3) is 13.3. The van der Waals surface area contributed by atoms with E-state index >= 15 is 0 Å². The first-order valence-electron chi connectivity index (χ1n) is 4.74. The van der Waals surface area contributed by atoms with Crippen LogP contribution < -0.4 is 0 Å². The van der Waals surface area contributed by atoms with E-state index in [2.05, 4.69) is 29.8 Å². The van der Waals surface area contributed by atoms with E-state index in [-0.39, 0.29) is 11.5 Å². The molecule has 4 N–H and O–H groups in total. The third-order valence-electron chi connectivity index (χ3n) is 1.19. The third-order valence-corrected chi connectivity index (χ3v) is 2.49. The summed E-state index contributed by atoms with van der Waals surface area (Å²) >= 11 is 3.31. The van der Waals surface area contributed by atoms with Crippen LogP contribution in [-0.2, 0) is 0 Å². The number of para-hydroxylation sites is 2. The van der Waals surface area contributed by atoms with Gasteiger partial charge in [0.15, 0.2) is 11.5 Å². The van der Waals surface area contributed by atoms with E-state index in [1.165, 1.54) is 12.1 Å². The average Bonchev–Trinajstić information content (AvgIpc) is 2.24. The van der Waals surface area contributed by atoms with Gasteiger partial charge in [0.1, 0.15) is 0 Å². The highest BCUT2D eigenvalue weighted by Gasteiger charge is 1.90. The molecule has 0 saturated carbocycles. The van der Waals surface area contributed by atoms with Crippen LogP contribution in [0, 0.1) is 5.92 Å². The predicted molar refractivity (Wildman–Crippen MR) is 70.0 cm³/mol. The van der Waals surface area contributed by atoms with Crippen LogP contribution in [0.15, 0.2) is 24.3 Å². The lowest BCUT2D eigenvalue weighted by atomic mass is 10.3. The maximum absolute atomic E-state index is 8.67. The van der Waals surface area contributed by atoms with Gasteiger partial charge in [-0.1, -0.05) is 41.9 Å². The molecule has 16 heavy (non-hydrogen) atoms. The summed E-state index contributed by atoms with van der Waals surface area (Å²) in [6.45, 7) is 4.35. The van der Waals surface area contributed by atoms with Crippen LogP contribution >= 0.6 is 15.9 Å². The van der Waals surface area contributed by atoms with Gasteiger partial charge in [0.25, 0.3) is 0 Å².